The molecule has 0 radical (unpaired) electrons. The Morgan fingerprint density at radius 3 is 2.30 bits per heavy atom. The molecule has 4 aliphatic carbocycles. The molecule has 0 amide bonds. The Bertz CT molecular complexity index is 570. The summed E-state index contributed by atoms with van der Waals surface area (Å²) in [6.07, 6.45) is 7.13. The highest BCUT2D eigenvalue weighted by molar-refractivity contribution is 9.10. The van der Waals surface area contributed by atoms with E-state index in [4.69, 9.17) is 4.42 Å². The van der Waals surface area contributed by atoms with Crippen molar-refractivity contribution in [1.82, 2.24) is 0 Å². The quantitative estimate of drug-likeness (QED) is 0.693. The van der Waals surface area contributed by atoms with Gasteiger partial charge in [0.15, 0.2) is 10.4 Å². The molecule has 1 aromatic rings. The summed E-state index contributed by atoms with van der Waals surface area (Å²) in [5.74, 6) is 1.54. The smallest absolute Gasteiger partial charge is 0.204 e. The van der Waals surface area contributed by atoms with Gasteiger partial charge in [-0.15, -0.1) is 0 Å². The van der Waals surface area contributed by atoms with E-state index >= 15 is 0 Å². The maximum absolute atomic E-state index is 13.1. The largest absolute Gasteiger partial charge is 0.446 e. The topological polar surface area (TPSA) is 30.2 Å². The second kappa shape index (κ2) is 3.79. The Morgan fingerprint density at radius 1 is 1.15 bits per heavy atom. The number of hydrogen-bond acceptors (Lipinski definition) is 2. The maximum Gasteiger partial charge on any atom is 0.204 e. The Balaban J connectivity index is 1.75. The standard InChI is InChI=1S/C17H21BrO2/c1-15-5-11-6-16(2,8-15)10-17(7-11,9-15)14(19)12-3-4-13(18)20-12/h3-4,11H,5-10H2,1-2H3. The van der Waals surface area contributed by atoms with Crippen LogP contribution in [0.15, 0.2) is 21.2 Å². The van der Waals surface area contributed by atoms with Crippen LogP contribution >= 0.6 is 15.9 Å². The number of ketones is 1. The van der Waals surface area contributed by atoms with E-state index in [9.17, 15) is 4.79 Å². The minimum atomic E-state index is -0.153. The highest BCUT2D eigenvalue weighted by Gasteiger charge is 2.62. The predicted octanol–water partition coefficient (Wildman–Crippen LogP) is 5.22. The van der Waals surface area contributed by atoms with Gasteiger partial charge in [0.05, 0.1) is 0 Å². The fraction of sp³-hybridized carbons (Fsp3) is 0.706. The number of hydrogen-bond donors (Lipinski definition) is 0. The van der Waals surface area contributed by atoms with Crippen LogP contribution in [-0.2, 0) is 0 Å². The lowest BCUT2D eigenvalue weighted by atomic mass is 9.39. The molecule has 4 aliphatic rings. The molecule has 0 N–H and O–H groups in total. The van der Waals surface area contributed by atoms with Crippen LogP contribution < -0.4 is 0 Å². The van der Waals surface area contributed by atoms with Gasteiger partial charge < -0.3 is 4.42 Å². The molecule has 2 atom stereocenters. The lowest BCUT2D eigenvalue weighted by Gasteiger charge is -2.64. The van der Waals surface area contributed by atoms with Gasteiger partial charge in [0, 0.05) is 5.41 Å². The summed E-state index contributed by atoms with van der Waals surface area (Å²) in [6.45, 7) is 4.80. The van der Waals surface area contributed by atoms with E-state index in [2.05, 4.69) is 29.8 Å². The van der Waals surface area contributed by atoms with Gasteiger partial charge >= 0.3 is 0 Å². The van der Waals surface area contributed by atoms with Gasteiger partial charge in [-0.05, 0) is 83.3 Å². The number of carbonyl (C=O) groups excluding carboxylic acids is 1. The van der Waals surface area contributed by atoms with E-state index in [1.165, 1.54) is 19.3 Å². The second-order valence-corrected chi connectivity index (χ2v) is 9.12. The van der Waals surface area contributed by atoms with Gasteiger partial charge in [-0.2, -0.15) is 0 Å². The zero-order valence-corrected chi connectivity index (χ0v) is 13.8. The van der Waals surface area contributed by atoms with E-state index in [-0.39, 0.29) is 11.2 Å². The van der Waals surface area contributed by atoms with E-state index < -0.39 is 0 Å². The first-order valence-electron chi connectivity index (χ1n) is 7.62. The van der Waals surface area contributed by atoms with Crippen LogP contribution in [0.4, 0.5) is 0 Å². The van der Waals surface area contributed by atoms with Crippen molar-refractivity contribution in [3.63, 3.8) is 0 Å². The Morgan fingerprint density at radius 2 is 1.80 bits per heavy atom. The zero-order valence-electron chi connectivity index (χ0n) is 12.2. The molecule has 5 rings (SSSR count). The van der Waals surface area contributed by atoms with Crippen molar-refractivity contribution in [1.29, 1.82) is 0 Å². The third-order valence-corrected chi connectivity index (χ3v) is 6.33. The highest BCUT2D eigenvalue weighted by atomic mass is 79.9. The van der Waals surface area contributed by atoms with Crippen molar-refractivity contribution >= 4 is 21.7 Å². The fourth-order valence-electron chi connectivity index (χ4n) is 6.40. The first-order chi connectivity index (χ1) is 9.32. The maximum atomic E-state index is 13.1. The van der Waals surface area contributed by atoms with Crippen molar-refractivity contribution in [2.24, 2.45) is 22.2 Å². The summed E-state index contributed by atoms with van der Waals surface area (Å²) < 4.78 is 6.22. The molecule has 4 bridgehead atoms. The zero-order chi connectivity index (χ0) is 14.2. The van der Waals surface area contributed by atoms with Crippen molar-refractivity contribution in [3.05, 3.63) is 22.6 Å². The summed E-state index contributed by atoms with van der Waals surface area (Å²) in [4.78, 5) is 13.1. The molecule has 108 valence electrons. The molecule has 2 unspecified atom stereocenters. The normalized spacial score (nSPS) is 45.9. The predicted molar refractivity (Wildman–Crippen MR) is 80.6 cm³/mol. The summed E-state index contributed by atoms with van der Waals surface area (Å²) in [7, 11) is 0. The van der Waals surface area contributed by atoms with Crippen LogP contribution in [0.3, 0.4) is 0 Å². The summed E-state index contributed by atoms with van der Waals surface area (Å²) in [5, 5.41) is 0. The van der Waals surface area contributed by atoms with E-state index in [1.807, 2.05) is 12.1 Å². The number of Topliss-reactive ketones (excluding diaryl/α,β-unsaturated/α-hetero) is 1. The molecule has 2 nitrogen and oxygen atoms in total. The van der Waals surface area contributed by atoms with Crippen LogP contribution in [-0.4, -0.2) is 5.78 Å². The fourth-order valence-corrected chi connectivity index (χ4v) is 6.71. The van der Waals surface area contributed by atoms with E-state index in [0.29, 0.717) is 21.3 Å². The van der Waals surface area contributed by atoms with Crippen molar-refractivity contribution < 1.29 is 9.21 Å². The van der Waals surface area contributed by atoms with E-state index in [1.54, 1.807) is 0 Å². The van der Waals surface area contributed by atoms with Crippen LogP contribution in [0.2, 0.25) is 0 Å². The van der Waals surface area contributed by atoms with Gasteiger partial charge in [0.25, 0.3) is 0 Å². The monoisotopic (exact) mass is 336 g/mol. The summed E-state index contributed by atoms with van der Waals surface area (Å²) in [5.41, 5.74) is 0.585. The van der Waals surface area contributed by atoms with Gasteiger partial charge in [-0.3, -0.25) is 4.79 Å². The Kier molecular flexibility index (Phi) is 2.49. The molecule has 0 saturated heterocycles. The average Bonchev–Trinajstić information content (AvgIpc) is 2.69. The minimum Gasteiger partial charge on any atom is -0.446 e. The number of carbonyl (C=O) groups is 1. The van der Waals surface area contributed by atoms with Crippen molar-refractivity contribution in [2.45, 2.75) is 52.4 Å². The molecular weight excluding hydrogens is 316 g/mol. The molecular formula is C17H21BrO2. The molecule has 0 spiro atoms. The molecule has 20 heavy (non-hydrogen) atoms. The van der Waals surface area contributed by atoms with Crippen LogP contribution in [0.1, 0.15) is 62.9 Å². The van der Waals surface area contributed by atoms with Crippen LogP contribution in [0, 0.1) is 22.2 Å². The SMILES string of the molecule is CC12CC3CC(C)(C1)CC(C(=O)c1ccc(Br)o1)(C3)C2. The average molecular weight is 337 g/mol. The molecule has 3 heteroatoms. The Labute approximate surface area is 128 Å². The molecule has 4 fully saturated rings. The molecule has 0 aromatic carbocycles. The molecule has 1 aromatic heterocycles. The molecule has 4 saturated carbocycles. The third-order valence-electron chi connectivity index (χ3n) is 5.90. The summed E-state index contributed by atoms with van der Waals surface area (Å²) in [6, 6.07) is 3.66. The van der Waals surface area contributed by atoms with E-state index in [0.717, 1.165) is 25.2 Å². The van der Waals surface area contributed by atoms with Crippen LogP contribution in [0.5, 0.6) is 0 Å². The van der Waals surface area contributed by atoms with Gasteiger partial charge in [0.1, 0.15) is 0 Å². The van der Waals surface area contributed by atoms with Gasteiger partial charge in [-0.25, -0.2) is 0 Å². The minimum absolute atomic E-state index is 0.153. The van der Waals surface area contributed by atoms with Crippen molar-refractivity contribution in [3.8, 4) is 0 Å². The van der Waals surface area contributed by atoms with Crippen LogP contribution in [0.25, 0.3) is 0 Å². The van der Waals surface area contributed by atoms with Gasteiger partial charge in [0.2, 0.25) is 5.78 Å². The second-order valence-electron chi connectivity index (χ2n) is 8.34. The number of furan rings is 1. The lowest BCUT2D eigenvalue weighted by molar-refractivity contribution is -0.126. The highest BCUT2D eigenvalue weighted by Crippen LogP contribution is 2.70. The number of rotatable bonds is 2. The summed E-state index contributed by atoms with van der Waals surface area (Å²) >= 11 is 3.31. The molecule has 1 heterocycles. The first kappa shape index (κ1) is 13.1. The van der Waals surface area contributed by atoms with Crippen molar-refractivity contribution in [2.75, 3.05) is 0 Å². The van der Waals surface area contributed by atoms with Gasteiger partial charge in [-0.1, -0.05) is 13.8 Å². The lowest BCUT2D eigenvalue weighted by Crippen LogP contribution is -2.57. The number of halogens is 1. The molecule has 0 aliphatic heterocycles. The first-order valence-corrected chi connectivity index (χ1v) is 8.41. The third kappa shape index (κ3) is 1.78. The Hall–Kier alpha value is -0.570.